The number of hydrogen-bond donors (Lipinski definition) is 0. The molecule has 0 radical (unpaired) electrons. The minimum Gasteiger partial charge on any atom is -0.463 e. The minimum absolute atomic E-state index is 0.133. The van der Waals surface area contributed by atoms with Crippen molar-refractivity contribution in [2.75, 3.05) is 6.61 Å². The normalized spacial score (nSPS) is 15.8. The number of nitrogens with zero attached hydrogens (tertiary/aromatic N) is 3. The predicted molar refractivity (Wildman–Crippen MR) is 120 cm³/mol. The van der Waals surface area contributed by atoms with E-state index in [2.05, 4.69) is 4.99 Å². The molecule has 0 fully saturated rings. The molecule has 9 heteroatoms. The van der Waals surface area contributed by atoms with Crippen LogP contribution in [0.4, 0.5) is 5.69 Å². The molecule has 1 aliphatic rings. The van der Waals surface area contributed by atoms with Gasteiger partial charge in [-0.1, -0.05) is 53.8 Å². The monoisotopic (exact) mass is 449 g/mol. The molecule has 1 aromatic heterocycles. The summed E-state index contributed by atoms with van der Waals surface area (Å²) in [7, 11) is 0. The second-order valence-corrected chi connectivity index (χ2v) is 8.07. The van der Waals surface area contributed by atoms with E-state index in [1.54, 1.807) is 26.0 Å². The number of nitro benzene ring substituents is 1. The number of rotatable bonds is 5. The van der Waals surface area contributed by atoms with Gasteiger partial charge in [-0.2, -0.15) is 0 Å². The van der Waals surface area contributed by atoms with Crippen molar-refractivity contribution < 1.29 is 14.5 Å². The Hall–Kier alpha value is -3.85. The number of esters is 1. The molecule has 2 aromatic carbocycles. The molecule has 0 saturated heterocycles. The van der Waals surface area contributed by atoms with Crippen LogP contribution in [0.3, 0.4) is 0 Å². The highest BCUT2D eigenvalue weighted by Crippen LogP contribution is 2.32. The van der Waals surface area contributed by atoms with Gasteiger partial charge in [0.15, 0.2) is 4.80 Å². The first-order valence-corrected chi connectivity index (χ1v) is 10.7. The molecule has 0 aliphatic carbocycles. The molecule has 0 bridgehead atoms. The fourth-order valence-electron chi connectivity index (χ4n) is 3.62. The second kappa shape index (κ2) is 8.72. The number of non-ortho nitro benzene ring substituents is 1. The van der Waals surface area contributed by atoms with Gasteiger partial charge in [0.05, 0.1) is 33.4 Å². The molecule has 1 aliphatic heterocycles. The summed E-state index contributed by atoms with van der Waals surface area (Å²) in [6, 6.07) is 14.4. The molecular formula is C23H19N3O5S. The van der Waals surface area contributed by atoms with Gasteiger partial charge in [0, 0.05) is 12.1 Å². The molecule has 0 spiro atoms. The number of allylic oxidation sites excluding steroid dienone is 1. The SMILES string of the molecule is CCOC(=O)C1=C(C)N=c2s/c(=C\c3ccccc3)c(=O)n2[C@H]1c1cccc([N+](=O)[O-])c1. The van der Waals surface area contributed by atoms with Crippen molar-refractivity contribution in [2.24, 2.45) is 4.99 Å². The molecule has 0 N–H and O–H groups in total. The van der Waals surface area contributed by atoms with Gasteiger partial charge in [-0.05, 0) is 31.1 Å². The van der Waals surface area contributed by atoms with E-state index in [0.717, 1.165) is 5.56 Å². The van der Waals surface area contributed by atoms with Crippen molar-refractivity contribution in [3.05, 3.63) is 107 Å². The molecule has 1 atom stereocenters. The van der Waals surface area contributed by atoms with E-state index in [1.807, 2.05) is 30.3 Å². The third-order valence-corrected chi connectivity index (χ3v) is 5.99. The van der Waals surface area contributed by atoms with E-state index in [-0.39, 0.29) is 23.4 Å². The Kier molecular flexibility index (Phi) is 5.83. The highest BCUT2D eigenvalue weighted by molar-refractivity contribution is 7.07. The molecule has 0 unspecified atom stereocenters. The zero-order valence-corrected chi connectivity index (χ0v) is 18.2. The minimum atomic E-state index is -0.886. The maximum Gasteiger partial charge on any atom is 0.338 e. The molecule has 32 heavy (non-hydrogen) atoms. The fourth-order valence-corrected chi connectivity index (χ4v) is 4.66. The number of carbonyl (C=O) groups excluding carboxylic acids is 1. The Bertz CT molecular complexity index is 1420. The molecule has 162 valence electrons. The summed E-state index contributed by atoms with van der Waals surface area (Å²) < 4.78 is 7.09. The summed E-state index contributed by atoms with van der Waals surface area (Å²) in [6.07, 6.45) is 1.76. The Labute approximate surface area is 186 Å². The molecule has 2 heterocycles. The highest BCUT2D eigenvalue weighted by Gasteiger charge is 2.34. The first kappa shape index (κ1) is 21.4. The highest BCUT2D eigenvalue weighted by atomic mass is 32.1. The van der Waals surface area contributed by atoms with Crippen molar-refractivity contribution in [1.82, 2.24) is 4.57 Å². The van der Waals surface area contributed by atoms with Gasteiger partial charge in [-0.15, -0.1) is 0 Å². The number of carbonyl (C=O) groups is 1. The Balaban J connectivity index is 1.98. The number of thiazole rings is 1. The average molecular weight is 449 g/mol. The van der Waals surface area contributed by atoms with Crippen LogP contribution in [0.15, 0.2) is 75.7 Å². The maximum absolute atomic E-state index is 13.4. The van der Waals surface area contributed by atoms with Crippen LogP contribution in [0.1, 0.15) is 31.0 Å². The third kappa shape index (κ3) is 3.90. The van der Waals surface area contributed by atoms with Crippen LogP contribution in [-0.4, -0.2) is 22.1 Å². The standard InChI is InChI=1S/C23H19N3O5S/c1-3-31-22(28)19-14(2)24-23-25(20(19)16-10-7-11-17(13-16)26(29)30)21(27)18(32-23)12-15-8-5-4-6-9-15/h4-13,20H,3H2,1-2H3/b18-12-/t20-/m0/s1. The number of nitro groups is 1. The van der Waals surface area contributed by atoms with E-state index in [4.69, 9.17) is 4.74 Å². The molecule has 3 aromatic rings. The van der Waals surface area contributed by atoms with E-state index >= 15 is 0 Å². The molecule has 4 rings (SSSR count). The Morgan fingerprint density at radius 3 is 2.69 bits per heavy atom. The van der Waals surface area contributed by atoms with Crippen LogP contribution in [0, 0.1) is 10.1 Å². The smallest absolute Gasteiger partial charge is 0.338 e. The summed E-state index contributed by atoms with van der Waals surface area (Å²) in [4.78, 5) is 42.0. The molecule has 0 saturated carbocycles. The van der Waals surface area contributed by atoms with Crippen molar-refractivity contribution in [2.45, 2.75) is 19.9 Å². The lowest BCUT2D eigenvalue weighted by Gasteiger charge is -2.24. The average Bonchev–Trinajstić information content (AvgIpc) is 3.08. The summed E-state index contributed by atoms with van der Waals surface area (Å²) in [5.41, 5.74) is 1.42. The quantitative estimate of drug-likeness (QED) is 0.338. The predicted octanol–water partition coefficient (Wildman–Crippen LogP) is 2.71. The van der Waals surface area contributed by atoms with Gasteiger partial charge < -0.3 is 4.74 Å². The van der Waals surface area contributed by atoms with Gasteiger partial charge >= 0.3 is 5.97 Å². The van der Waals surface area contributed by atoms with Crippen LogP contribution < -0.4 is 14.9 Å². The first-order chi connectivity index (χ1) is 15.4. The van der Waals surface area contributed by atoms with E-state index in [1.165, 1.54) is 34.1 Å². The molecule has 8 nitrogen and oxygen atoms in total. The van der Waals surface area contributed by atoms with E-state index in [9.17, 15) is 19.7 Å². The summed E-state index contributed by atoms with van der Waals surface area (Å²) in [5, 5.41) is 11.3. The number of ether oxygens (including phenoxy) is 1. The van der Waals surface area contributed by atoms with Crippen molar-refractivity contribution in [3.63, 3.8) is 0 Å². The summed E-state index contributed by atoms with van der Waals surface area (Å²) in [6.45, 7) is 3.51. The van der Waals surface area contributed by atoms with Crippen LogP contribution in [0.5, 0.6) is 0 Å². The van der Waals surface area contributed by atoms with Gasteiger partial charge in [0.25, 0.3) is 11.2 Å². The number of aromatic nitrogens is 1. The zero-order chi connectivity index (χ0) is 22.8. The van der Waals surface area contributed by atoms with Gasteiger partial charge in [-0.25, -0.2) is 9.79 Å². The topological polar surface area (TPSA) is 104 Å². The summed E-state index contributed by atoms with van der Waals surface area (Å²) >= 11 is 1.20. The number of benzene rings is 2. The molecular weight excluding hydrogens is 430 g/mol. The number of hydrogen-bond acceptors (Lipinski definition) is 7. The van der Waals surface area contributed by atoms with E-state index < -0.39 is 16.9 Å². The lowest BCUT2D eigenvalue weighted by Crippen LogP contribution is -2.39. The van der Waals surface area contributed by atoms with Crippen LogP contribution in [0.2, 0.25) is 0 Å². The van der Waals surface area contributed by atoms with Crippen molar-refractivity contribution in [3.8, 4) is 0 Å². The van der Waals surface area contributed by atoms with Crippen molar-refractivity contribution in [1.29, 1.82) is 0 Å². The Morgan fingerprint density at radius 2 is 2.00 bits per heavy atom. The van der Waals surface area contributed by atoms with Crippen LogP contribution >= 0.6 is 11.3 Å². The largest absolute Gasteiger partial charge is 0.463 e. The fraction of sp³-hybridized carbons (Fsp3) is 0.174. The summed E-state index contributed by atoms with van der Waals surface area (Å²) in [5.74, 6) is -0.609. The second-order valence-electron chi connectivity index (χ2n) is 7.07. The zero-order valence-electron chi connectivity index (χ0n) is 17.3. The van der Waals surface area contributed by atoms with Crippen molar-refractivity contribution >= 4 is 29.1 Å². The van der Waals surface area contributed by atoms with Gasteiger partial charge in [0.1, 0.15) is 0 Å². The van der Waals surface area contributed by atoms with Crippen LogP contribution in [-0.2, 0) is 9.53 Å². The molecule has 0 amide bonds. The maximum atomic E-state index is 13.4. The Morgan fingerprint density at radius 1 is 1.25 bits per heavy atom. The van der Waals surface area contributed by atoms with Gasteiger partial charge in [-0.3, -0.25) is 19.5 Å². The van der Waals surface area contributed by atoms with Crippen LogP contribution in [0.25, 0.3) is 6.08 Å². The lowest BCUT2D eigenvalue weighted by molar-refractivity contribution is -0.384. The number of fused-ring (bicyclic) bond motifs is 1. The first-order valence-electron chi connectivity index (χ1n) is 9.89. The lowest BCUT2D eigenvalue weighted by atomic mass is 9.95. The van der Waals surface area contributed by atoms with E-state index in [0.29, 0.717) is 20.6 Å². The third-order valence-electron chi connectivity index (χ3n) is 5.01. The van der Waals surface area contributed by atoms with Gasteiger partial charge in [0.2, 0.25) is 0 Å².